The summed E-state index contributed by atoms with van der Waals surface area (Å²) in [7, 11) is -3.56. The molecule has 0 aliphatic rings. The maximum Gasteiger partial charge on any atom is 0.257 e. The van der Waals surface area contributed by atoms with E-state index < -0.39 is 10.0 Å². The maximum atomic E-state index is 12.5. The summed E-state index contributed by atoms with van der Waals surface area (Å²) < 4.78 is 27.2. The van der Waals surface area contributed by atoms with E-state index in [1.807, 2.05) is 24.3 Å². The van der Waals surface area contributed by atoms with E-state index >= 15 is 0 Å². The number of rotatable bonds is 9. The Morgan fingerprint density at radius 3 is 2.32 bits per heavy atom. The molecule has 3 aromatic rings. The van der Waals surface area contributed by atoms with E-state index in [9.17, 15) is 13.2 Å². The lowest BCUT2D eigenvalue weighted by atomic mass is 10.2. The summed E-state index contributed by atoms with van der Waals surface area (Å²) in [5.74, 6) is 0.333. The van der Waals surface area contributed by atoms with Gasteiger partial charge in [0, 0.05) is 29.4 Å². The molecule has 0 spiro atoms. The SMILES string of the molecule is CCN(CC)S(=O)(=O)c1ccc(C(=O)Nc2nnc(SCc3ccc(Cl)cc3)s2)cc1. The van der Waals surface area contributed by atoms with Gasteiger partial charge in [0.2, 0.25) is 15.2 Å². The zero-order valence-corrected chi connectivity index (χ0v) is 20.1. The van der Waals surface area contributed by atoms with Crippen LogP contribution in [-0.2, 0) is 15.8 Å². The molecule has 0 aliphatic carbocycles. The van der Waals surface area contributed by atoms with Crippen LogP contribution in [0.15, 0.2) is 57.8 Å². The number of aromatic nitrogens is 2. The van der Waals surface area contributed by atoms with Crippen molar-refractivity contribution in [3.8, 4) is 0 Å². The van der Waals surface area contributed by atoms with E-state index in [2.05, 4.69) is 15.5 Å². The minimum atomic E-state index is -3.56. The van der Waals surface area contributed by atoms with Crippen LogP contribution in [0.4, 0.5) is 5.13 Å². The van der Waals surface area contributed by atoms with Crippen molar-refractivity contribution in [1.82, 2.24) is 14.5 Å². The minimum Gasteiger partial charge on any atom is -0.296 e. The Morgan fingerprint density at radius 2 is 1.71 bits per heavy atom. The molecule has 0 unspecified atom stereocenters. The van der Waals surface area contributed by atoms with E-state index in [-0.39, 0.29) is 10.8 Å². The van der Waals surface area contributed by atoms with E-state index in [4.69, 9.17) is 11.6 Å². The van der Waals surface area contributed by atoms with Gasteiger partial charge in [-0.05, 0) is 42.0 Å². The Kier molecular flexibility index (Phi) is 8.06. The zero-order valence-electron chi connectivity index (χ0n) is 16.9. The number of nitrogens with one attached hydrogen (secondary N) is 1. The molecule has 1 amide bonds. The Labute approximate surface area is 194 Å². The van der Waals surface area contributed by atoms with Gasteiger partial charge in [0.15, 0.2) is 4.34 Å². The van der Waals surface area contributed by atoms with Crippen molar-refractivity contribution in [2.75, 3.05) is 18.4 Å². The number of benzene rings is 2. The summed E-state index contributed by atoms with van der Waals surface area (Å²) in [4.78, 5) is 12.6. The van der Waals surface area contributed by atoms with Crippen LogP contribution in [0.25, 0.3) is 0 Å². The van der Waals surface area contributed by atoms with Crippen LogP contribution >= 0.6 is 34.7 Å². The van der Waals surface area contributed by atoms with Crippen molar-refractivity contribution in [2.24, 2.45) is 0 Å². The first-order valence-corrected chi connectivity index (χ1v) is 13.1. The molecule has 2 aromatic carbocycles. The van der Waals surface area contributed by atoms with Crippen LogP contribution in [0.1, 0.15) is 29.8 Å². The molecule has 0 aliphatic heterocycles. The summed E-state index contributed by atoms with van der Waals surface area (Å²) in [6.07, 6.45) is 0. The van der Waals surface area contributed by atoms with Gasteiger partial charge >= 0.3 is 0 Å². The largest absolute Gasteiger partial charge is 0.296 e. The summed E-state index contributed by atoms with van der Waals surface area (Å²) in [5.41, 5.74) is 1.44. The highest BCUT2D eigenvalue weighted by Crippen LogP contribution is 2.29. The fourth-order valence-corrected chi connectivity index (χ4v) is 5.99. The molecule has 1 heterocycles. The molecule has 11 heteroatoms. The molecule has 0 saturated heterocycles. The third-order valence-electron chi connectivity index (χ3n) is 4.36. The molecule has 0 bridgehead atoms. The average Bonchev–Trinajstić information content (AvgIpc) is 3.21. The Bertz CT molecular complexity index is 1130. The van der Waals surface area contributed by atoms with Crippen molar-refractivity contribution < 1.29 is 13.2 Å². The van der Waals surface area contributed by atoms with Gasteiger partial charge in [-0.1, -0.05) is 60.7 Å². The first kappa shape index (κ1) is 23.7. The fraction of sp³-hybridized carbons (Fsp3) is 0.250. The lowest BCUT2D eigenvalue weighted by Crippen LogP contribution is -2.30. The van der Waals surface area contributed by atoms with Crippen molar-refractivity contribution in [3.05, 3.63) is 64.7 Å². The Hall–Kier alpha value is -1.98. The number of hydrogen-bond acceptors (Lipinski definition) is 7. The number of amides is 1. The van der Waals surface area contributed by atoms with E-state index in [1.54, 1.807) is 13.8 Å². The summed E-state index contributed by atoms with van der Waals surface area (Å²) >= 11 is 8.68. The number of anilines is 1. The van der Waals surface area contributed by atoms with Gasteiger partial charge in [-0.15, -0.1) is 10.2 Å². The van der Waals surface area contributed by atoms with Gasteiger partial charge in [-0.2, -0.15) is 4.31 Å². The van der Waals surface area contributed by atoms with E-state index in [0.717, 1.165) is 9.90 Å². The second kappa shape index (κ2) is 10.6. The Morgan fingerprint density at radius 1 is 1.06 bits per heavy atom. The number of halogens is 1. The molecule has 0 radical (unpaired) electrons. The molecular weight excluding hydrogens is 476 g/mol. The average molecular weight is 497 g/mol. The monoisotopic (exact) mass is 496 g/mol. The molecule has 0 fully saturated rings. The number of sulfonamides is 1. The van der Waals surface area contributed by atoms with Crippen molar-refractivity contribution in [1.29, 1.82) is 0 Å². The fourth-order valence-electron chi connectivity index (χ4n) is 2.70. The highest BCUT2D eigenvalue weighted by Gasteiger charge is 2.21. The maximum absolute atomic E-state index is 12.5. The van der Waals surface area contributed by atoms with Crippen LogP contribution in [0.3, 0.4) is 0 Å². The number of carbonyl (C=O) groups is 1. The predicted octanol–water partition coefficient (Wildman–Crippen LogP) is 4.77. The van der Waals surface area contributed by atoms with Crippen LogP contribution in [0.5, 0.6) is 0 Å². The second-order valence-corrected chi connectivity index (χ2v) is 10.9. The highest BCUT2D eigenvalue weighted by molar-refractivity contribution is 8.00. The first-order chi connectivity index (χ1) is 14.8. The van der Waals surface area contributed by atoms with Gasteiger partial charge in [-0.25, -0.2) is 8.42 Å². The molecular formula is C20H21ClN4O3S3. The van der Waals surface area contributed by atoms with Crippen molar-refractivity contribution in [3.63, 3.8) is 0 Å². The number of nitrogens with zero attached hydrogens (tertiary/aromatic N) is 3. The van der Waals surface area contributed by atoms with Gasteiger partial charge < -0.3 is 0 Å². The van der Waals surface area contributed by atoms with Crippen LogP contribution < -0.4 is 5.32 Å². The number of thioether (sulfide) groups is 1. The molecule has 31 heavy (non-hydrogen) atoms. The molecule has 164 valence electrons. The third-order valence-corrected chi connectivity index (χ3v) is 8.72. The molecule has 0 saturated carbocycles. The lowest BCUT2D eigenvalue weighted by Gasteiger charge is -2.18. The molecule has 1 aromatic heterocycles. The third kappa shape index (κ3) is 6.05. The molecule has 1 N–H and O–H groups in total. The first-order valence-electron chi connectivity index (χ1n) is 9.45. The van der Waals surface area contributed by atoms with E-state index in [1.165, 1.54) is 51.7 Å². The summed E-state index contributed by atoms with van der Waals surface area (Å²) in [5, 5.41) is 11.9. The zero-order chi connectivity index (χ0) is 22.4. The highest BCUT2D eigenvalue weighted by atomic mass is 35.5. The topological polar surface area (TPSA) is 92.3 Å². The summed E-state index contributed by atoms with van der Waals surface area (Å²) in [6.45, 7) is 4.34. The molecule has 3 rings (SSSR count). The number of carbonyl (C=O) groups excluding carboxylic acids is 1. The van der Waals surface area contributed by atoms with Crippen LogP contribution in [-0.4, -0.2) is 41.9 Å². The van der Waals surface area contributed by atoms with Gasteiger partial charge in [0.25, 0.3) is 5.91 Å². The second-order valence-electron chi connectivity index (χ2n) is 6.36. The molecule has 0 atom stereocenters. The van der Waals surface area contributed by atoms with Crippen molar-refractivity contribution in [2.45, 2.75) is 28.8 Å². The van der Waals surface area contributed by atoms with Gasteiger partial charge in [-0.3, -0.25) is 10.1 Å². The standard InChI is InChI=1S/C20H21ClN4O3S3/c1-3-25(4-2)31(27,28)17-11-7-15(8-12-17)18(26)22-19-23-24-20(30-19)29-13-14-5-9-16(21)10-6-14/h5-12H,3-4,13H2,1-2H3,(H,22,23,26). The lowest BCUT2D eigenvalue weighted by molar-refractivity contribution is 0.102. The Balaban J connectivity index is 1.61. The predicted molar refractivity (Wildman–Crippen MR) is 125 cm³/mol. The number of hydrogen-bond donors (Lipinski definition) is 1. The van der Waals surface area contributed by atoms with E-state index in [0.29, 0.717) is 34.6 Å². The van der Waals surface area contributed by atoms with Gasteiger partial charge in [0.05, 0.1) is 4.90 Å². The normalized spacial score (nSPS) is 11.6. The smallest absolute Gasteiger partial charge is 0.257 e. The van der Waals surface area contributed by atoms with Gasteiger partial charge in [0.1, 0.15) is 0 Å². The summed E-state index contributed by atoms with van der Waals surface area (Å²) in [6, 6.07) is 13.4. The van der Waals surface area contributed by atoms with Crippen LogP contribution in [0, 0.1) is 0 Å². The quantitative estimate of drug-likeness (QED) is 0.339. The van der Waals surface area contributed by atoms with Crippen molar-refractivity contribution >= 4 is 55.8 Å². The molecule has 7 nitrogen and oxygen atoms in total. The van der Waals surface area contributed by atoms with Crippen LogP contribution in [0.2, 0.25) is 5.02 Å². The minimum absolute atomic E-state index is 0.157.